The van der Waals surface area contributed by atoms with E-state index >= 15 is 0 Å². The number of hydrogen-bond donors (Lipinski definition) is 2. The lowest BCUT2D eigenvalue weighted by Crippen LogP contribution is -2.37. The number of benzene rings is 1. The van der Waals surface area contributed by atoms with Gasteiger partial charge in [0.2, 0.25) is 0 Å². The summed E-state index contributed by atoms with van der Waals surface area (Å²) in [5.41, 5.74) is 0.575. The first kappa shape index (κ1) is 17.6. The summed E-state index contributed by atoms with van der Waals surface area (Å²) in [5, 5.41) is 12.9. The highest BCUT2D eigenvalue weighted by Crippen LogP contribution is 2.16. The highest BCUT2D eigenvalue weighted by Gasteiger charge is 2.16. The monoisotopic (exact) mass is 315 g/mol. The van der Waals surface area contributed by atoms with Crippen LogP contribution in [0.1, 0.15) is 25.5 Å². The predicted molar refractivity (Wildman–Crippen MR) is 78.6 cm³/mol. The van der Waals surface area contributed by atoms with Crippen LogP contribution in [-0.4, -0.2) is 44.9 Å². The minimum absolute atomic E-state index is 0.165. The van der Waals surface area contributed by atoms with Gasteiger partial charge in [-0.15, -0.1) is 0 Å². The molecule has 0 radical (unpaired) electrons. The van der Waals surface area contributed by atoms with Crippen molar-refractivity contribution in [2.45, 2.75) is 30.9 Å². The molecule has 2 N–H and O–H groups in total. The number of carbonyl (C=O) groups excluding carboxylic acids is 1. The lowest BCUT2D eigenvalue weighted by molar-refractivity contribution is -0.145. The largest absolute Gasteiger partial charge is 0.465 e. The van der Waals surface area contributed by atoms with Crippen LogP contribution in [0, 0.1) is 0 Å². The van der Waals surface area contributed by atoms with E-state index in [9.17, 15) is 18.3 Å². The molecule has 2 atom stereocenters. The Kier molecular flexibility index (Phi) is 6.32. The minimum Gasteiger partial charge on any atom is -0.465 e. The van der Waals surface area contributed by atoms with E-state index in [1.807, 2.05) is 0 Å². The highest BCUT2D eigenvalue weighted by molar-refractivity contribution is 7.90. The molecule has 1 aromatic carbocycles. The van der Waals surface area contributed by atoms with E-state index in [-0.39, 0.29) is 17.4 Å². The van der Waals surface area contributed by atoms with Crippen LogP contribution in [0.15, 0.2) is 29.2 Å². The average Bonchev–Trinajstić information content (AvgIpc) is 2.43. The molecule has 2 unspecified atom stereocenters. The van der Waals surface area contributed by atoms with Crippen molar-refractivity contribution in [3.63, 3.8) is 0 Å². The smallest absolute Gasteiger partial charge is 0.322 e. The molecule has 6 nitrogen and oxygen atoms in total. The molecule has 0 fully saturated rings. The van der Waals surface area contributed by atoms with Crippen LogP contribution in [0.5, 0.6) is 0 Å². The Bertz CT molecular complexity index is 568. The fourth-order valence-corrected chi connectivity index (χ4v) is 2.32. The highest BCUT2D eigenvalue weighted by atomic mass is 32.2. The van der Waals surface area contributed by atoms with E-state index in [1.54, 1.807) is 26.0 Å². The van der Waals surface area contributed by atoms with Gasteiger partial charge in [-0.1, -0.05) is 12.1 Å². The number of ether oxygens (including phenoxy) is 1. The quantitative estimate of drug-likeness (QED) is 0.718. The summed E-state index contributed by atoms with van der Waals surface area (Å²) in [7, 11) is -3.25. The first-order valence-electron chi connectivity index (χ1n) is 6.63. The minimum atomic E-state index is -3.25. The van der Waals surface area contributed by atoms with Crippen LogP contribution in [0.3, 0.4) is 0 Å². The number of carbonyl (C=O) groups is 1. The van der Waals surface area contributed by atoms with Gasteiger partial charge in [0.1, 0.15) is 6.04 Å². The molecule has 0 bridgehead atoms. The van der Waals surface area contributed by atoms with Crippen LogP contribution in [0.2, 0.25) is 0 Å². The van der Waals surface area contributed by atoms with Gasteiger partial charge in [-0.25, -0.2) is 8.42 Å². The van der Waals surface area contributed by atoms with Crippen molar-refractivity contribution >= 4 is 15.8 Å². The van der Waals surface area contributed by atoms with E-state index in [4.69, 9.17) is 4.74 Å². The Hall–Kier alpha value is -1.44. The van der Waals surface area contributed by atoms with Crippen LogP contribution in [-0.2, 0) is 19.4 Å². The Labute approximate surface area is 125 Å². The summed E-state index contributed by atoms with van der Waals surface area (Å²) < 4.78 is 27.5. The Morgan fingerprint density at radius 3 is 2.38 bits per heavy atom. The molecule has 0 heterocycles. The molecule has 0 saturated heterocycles. The van der Waals surface area contributed by atoms with Crippen molar-refractivity contribution in [1.82, 2.24) is 5.32 Å². The van der Waals surface area contributed by atoms with Gasteiger partial charge in [-0.05, 0) is 31.5 Å². The van der Waals surface area contributed by atoms with Gasteiger partial charge in [0, 0.05) is 12.8 Å². The maximum Gasteiger partial charge on any atom is 0.322 e. The summed E-state index contributed by atoms with van der Waals surface area (Å²) in [4.78, 5) is 11.6. The maximum absolute atomic E-state index is 11.4. The third kappa shape index (κ3) is 5.45. The summed E-state index contributed by atoms with van der Waals surface area (Å²) in [6.45, 7) is 3.85. The van der Waals surface area contributed by atoms with Gasteiger partial charge >= 0.3 is 5.97 Å². The molecule has 1 aromatic rings. The van der Waals surface area contributed by atoms with E-state index < -0.39 is 22.0 Å². The lowest BCUT2D eigenvalue weighted by Gasteiger charge is -2.16. The summed E-state index contributed by atoms with van der Waals surface area (Å²) >= 11 is 0. The fraction of sp³-hybridized carbons (Fsp3) is 0.500. The van der Waals surface area contributed by atoms with E-state index in [1.165, 1.54) is 12.1 Å². The third-order valence-corrected chi connectivity index (χ3v) is 4.08. The van der Waals surface area contributed by atoms with Crippen LogP contribution >= 0.6 is 0 Å². The number of hydrogen-bond acceptors (Lipinski definition) is 6. The molecule has 0 saturated carbocycles. The van der Waals surface area contributed by atoms with Crippen molar-refractivity contribution in [2.75, 3.05) is 19.4 Å². The molecule has 0 aliphatic heterocycles. The zero-order valence-electron chi connectivity index (χ0n) is 12.4. The van der Waals surface area contributed by atoms with E-state index in [0.717, 1.165) is 6.26 Å². The number of rotatable bonds is 7. The molecular formula is C14H21NO5S. The Balaban J connectivity index is 2.60. The van der Waals surface area contributed by atoms with E-state index in [2.05, 4.69) is 5.32 Å². The fourth-order valence-electron chi connectivity index (χ4n) is 1.69. The van der Waals surface area contributed by atoms with Crippen molar-refractivity contribution in [1.29, 1.82) is 0 Å². The number of aliphatic hydroxyl groups excluding tert-OH is 1. The molecule has 1 rings (SSSR count). The summed E-state index contributed by atoms with van der Waals surface area (Å²) in [6.07, 6.45) is 0.288. The van der Waals surface area contributed by atoms with Crippen molar-refractivity contribution < 1.29 is 23.1 Å². The first-order chi connectivity index (χ1) is 9.75. The van der Waals surface area contributed by atoms with Gasteiger partial charge in [-0.3, -0.25) is 4.79 Å². The molecule has 0 aliphatic rings. The second kappa shape index (κ2) is 7.53. The van der Waals surface area contributed by atoms with Crippen LogP contribution in [0.4, 0.5) is 0 Å². The molecule has 0 spiro atoms. The van der Waals surface area contributed by atoms with Crippen molar-refractivity contribution in [2.24, 2.45) is 0 Å². The predicted octanol–water partition coefficient (Wildman–Crippen LogP) is 0.665. The molecular weight excluding hydrogens is 294 g/mol. The molecule has 0 amide bonds. The molecule has 0 aliphatic carbocycles. The topological polar surface area (TPSA) is 92.7 Å². The average molecular weight is 315 g/mol. The second-order valence-corrected chi connectivity index (χ2v) is 6.75. The first-order valence-corrected chi connectivity index (χ1v) is 8.53. The van der Waals surface area contributed by atoms with Crippen LogP contribution in [0.25, 0.3) is 0 Å². The Morgan fingerprint density at radius 1 is 1.33 bits per heavy atom. The van der Waals surface area contributed by atoms with E-state index in [0.29, 0.717) is 12.2 Å². The number of esters is 1. The standard InChI is InChI=1S/C14H21NO5S/c1-4-20-14(17)10(2)15-9-13(16)11-5-7-12(8-6-11)21(3,18)19/h5-8,10,13,15-16H,4,9H2,1-3H3. The van der Waals surface area contributed by atoms with Gasteiger partial charge in [0.25, 0.3) is 0 Å². The van der Waals surface area contributed by atoms with Gasteiger partial charge in [-0.2, -0.15) is 0 Å². The van der Waals surface area contributed by atoms with Crippen molar-refractivity contribution in [3.8, 4) is 0 Å². The Morgan fingerprint density at radius 2 is 1.90 bits per heavy atom. The van der Waals surface area contributed by atoms with Gasteiger partial charge in [0.05, 0.1) is 17.6 Å². The summed E-state index contributed by atoms with van der Waals surface area (Å²) in [6, 6.07) is 5.48. The van der Waals surface area contributed by atoms with Gasteiger partial charge < -0.3 is 15.2 Å². The number of sulfone groups is 1. The number of aliphatic hydroxyl groups is 1. The molecule has 7 heteroatoms. The zero-order valence-corrected chi connectivity index (χ0v) is 13.2. The zero-order chi connectivity index (χ0) is 16.0. The van der Waals surface area contributed by atoms with Crippen molar-refractivity contribution in [3.05, 3.63) is 29.8 Å². The molecule has 21 heavy (non-hydrogen) atoms. The lowest BCUT2D eigenvalue weighted by atomic mass is 10.1. The molecule has 118 valence electrons. The van der Waals surface area contributed by atoms with Gasteiger partial charge in [0.15, 0.2) is 9.84 Å². The van der Waals surface area contributed by atoms with Crippen LogP contribution < -0.4 is 5.32 Å². The number of nitrogens with one attached hydrogen (secondary N) is 1. The maximum atomic E-state index is 11.4. The third-order valence-electron chi connectivity index (χ3n) is 2.95. The SMILES string of the molecule is CCOC(=O)C(C)NCC(O)c1ccc(S(C)(=O)=O)cc1. The molecule has 0 aromatic heterocycles. The second-order valence-electron chi connectivity index (χ2n) is 4.74. The normalized spacial score (nSPS) is 14.5. The summed E-state index contributed by atoms with van der Waals surface area (Å²) in [5.74, 6) is -0.378.